The van der Waals surface area contributed by atoms with E-state index in [9.17, 15) is 9.59 Å². The highest BCUT2D eigenvalue weighted by Crippen LogP contribution is 2.35. The lowest BCUT2D eigenvalue weighted by Gasteiger charge is -2.11. The number of ketones is 1. The molecule has 0 N–H and O–H groups in total. The van der Waals surface area contributed by atoms with Crippen LogP contribution >= 0.6 is 0 Å². The first-order valence-corrected chi connectivity index (χ1v) is 10.8. The Morgan fingerprint density at radius 3 is 2.26 bits per heavy atom. The zero-order valence-electron chi connectivity index (χ0n) is 18.6. The molecule has 2 aromatic heterocycles. The Bertz CT molecular complexity index is 947. The number of hydrogen-bond donors (Lipinski definition) is 0. The molecule has 10 heteroatoms. The summed E-state index contributed by atoms with van der Waals surface area (Å²) in [4.78, 5) is 25.5. The Hall–Kier alpha value is -3.04. The Morgan fingerprint density at radius 2 is 1.61 bits per heavy atom. The quantitative estimate of drug-likeness (QED) is 0.500. The average molecular weight is 431 g/mol. The molecule has 10 nitrogen and oxygen atoms in total. The summed E-state index contributed by atoms with van der Waals surface area (Å²) in [6.07, 6.45) is 6.53. The molecule has 0 aromatic carbocycles. The number of nitrogens with zero attached hydrogens (tertiary/aromatic N) is 6. The van der Waals surface area contributed by atoms with Gasteiger partial charge in [0.25, 0.3) is 0 Å². The van der Waals surface area contributed by atoms with Crippen LogP contribution < -0.4 is 0 Å². The number of aromatic nitrogens is 6. The van der Waals surface area contributed by atoms with E-state index in [0.29, 0.717) is 11.4 Å². The fourth-order valence-corrected chi connectivity index (χ4v) is 3.39. The minimum atomic E-state index is -0.572. The second kappa shape index (κ2) is 10.3. The summed E-state index contributed by atoms with van der Waals surface area (Å²) in [5.74, 6) is -1.37. The maximum Gasteiger partial charge on any atom is 0.338 e. The van der Waals surface area contributed by atoms with Crippen LogP contribution in [0.2, 0.25) is 0 Å². The van der Waals surface area contributed by atoms with Crippen molar-refractivity contribution in [1.29, 1.82) is 0 Å². The molecule has 0 amide bonds. The van der Waals surface area contributed by atoms with Crippen LogP contribution in [0.5, 0.6) is 0 Å². The number of hydrogen-bond acceptors (Lipinski definition) is 8. The van der Waals surface area contributed by atoms with Gasteiger partial charge >= 0.3 is 5.97 Å². The molecule has 2 unspecified atom stereocenters. The molecule has 0 aliphatic heterocycles. The Kier molecular flexibility index (Phi) is 7.54. The highest BCUT2D eigenvalue weighted by atomic mass is 16.5. The summed E-state index contributed by atoms with van der Waals surface area (Å²) in [7, 11) is 0. The first kappa shape index (κ1) is 22.6. The smallest absolute Gasteiger partial charge is 0.338 e. The van der Waals surface area contributed by atoms with Gasteiger partial charge in [0.2, 0.25) is 5.78 Å². The fraction of sp³-hybridized carbons (Fsp3) is 0.619. The molecule has 2 aromatic rings. The van der Waals surface area contributed by atoms with Gasteiger partial charge in [-0.05, 0) is 12.8 Å². The minimum Gasteiger partial charge on any atom is -0.483 e. The number of unbranched alkanes of at least 4 members (excludes halogenated alkanes) is 1. The molecule has 0 fully saturated rings. The number of ether oxygens (including phenoxy) is 2. The van der Waals surface area contributed by atoms with Gasteiger partial charge in [0, 0.05) is 24.9 Å². The fourth-order valence-electron chi connectivity index (χ4n) is 3.39. The molecule has 3 rings (SSSR count). The molecular formula is C21H30N6O4. The predicted molar refractivity (Wildman–Crippen MR) is 110 cm³/mol. The van der Waals surface area contributed by atoms with Crippen LogP contribution in [-0.4, -0.2) is 41.7 Å². The van der Waals surface area contributed by atoms with Crippen LogP contribution in [0.25, 0.3) is 0 Å². The van der Waals surface area contributed by atoms with E-state index in [0.717, 1.165) is 32.4 Å². The Labute approximate surface area is 181 Å². The molecule has 168 valence electrons. The third-order valence-corrected chi connectivity index (χ3v) is 5.39. The molecule has 2 atom stereocenters. The van der Waals surface area contributed by atoms with Crippen molar-refractivity contribution in [2.24, 2.45) is 11.8 Å². The van der Waals surface area contributed by atoms with Crippen LogP contribution in [0.3, 0.4) is 0 Å². The maximum absolute atomic E-state index is 12.8. The van der Waals surface area contributed by atoms with Crippen molar-refractivity contribution in [3.05, 3.63) is 35.1 Å². The molecule has 1 aliphatic rings. The summed E-state index contributed by atoms with van der Waals surface area (Å²) < 4.78 is 14.6. The highest BCUT2D eigenvalue weighted by molar-refractivity contribution is 6.07. The summed E-state index contributed by atoms with van der Waals surface area (Å²) >= 11 is 0. The van der Waals surface area contributed by atoms with E-state index in [1.54, 1.807) is 28.7 Å². The number of carbonyl (C=O) groups is 2. The van der Waals surface area contributed by atoms with Crippen LogP contribution in [-0.2, 0) is 45.4 Å². The van der Waals surface area contributed by atoms with Crippen LogP contribution in [0, 0.1) is 11.8 Å². The van der Waals surface area contributed by atoms with Crippen molar-refractivity contribution in [1.82, 2.24) is 30.0 Å². The monoisotopic (exact) mass is 430 g/mol. The molecule has 0 bridgehead atoms. The van der Waals surface area contributed by atoms with Gasteiger partial charge in [-0.15, -0.1) is 10.2 Å². The van der Waals surface area contributed by atoms with Gasteiger partial charge in [-0.2, -0.15) is 0 Å². The molecule has 1 aliphatic carbocycles. The first-order valence-electron chi connectivity index (χ1n) is 10.8. The largest absolute Gasteiger partial charge is 0.483 e. The van der Waals surface area contributed by atoms with Gasteiger partial charge in [-0.3, -0.25) is 14.2 Å². The van der Waals surface area contributed by atoms with Crippen LogP contribution in [0.15, 0.2) is 23.7 Å². The molecule has 0 saturated heterocycles. The van der Waals surface area contributed by atoms with Crippen molar-refractivity contribution in [2.75, 3.05) is 0 Å². The zero-order chi connectivity index (χ0) is 22.4. The third-order valence-electron chi connectivity index (χ3n) is 5.39. The Balaban J connectivity index is 1.67. The second-order valence-electron chi connectivity index (χ2n) is 7.85. The number of rotatable bonds is 11. The van der Waals surface area contributed by atoms with Gasteiger partial charge in [0.05, 0.1) is 18.0 Å². The minimum absolute atomic E-state index is 0.0135. The molecule has 0 radical (unpaired) electrons. The number of allylic oxidation sites excluding steroid dienone is 1. The molecule has 2 heterocycles. The second-order valence-corrected chi connectivity index (χ2v) is 7.85. The Morgan fingerprint density at radius 1 is 0.968 bits per heavy atom. The van der Waals surface area contributed by atoms with E-state index in [1.807, 2.05) is 13.8 Å². The van der Waals surface area contributed by atoms with Crippen LogP contribution in [0.1, 0.15) is 58.3 Å². The maximum atomic E-state index is 12.8. The lowest BCUT2D eigenvalue weighted by atomic mass is 9.94. The van der Waals surface area contributed by atoms with Gasteiger partial charge in [0.15, 0.2) is 5.76 Å². The summed E-state index contributed by atoms with van der Waals surface area (Å²) in [5.41, 5.74) is 1.42. The molecule has 0 spiro atoms. The van der Waals surface area contributed by atoms with Crippen LogP contribution in [0.4, 0.5) is 0 Å². The molecule has 31 heavy (non-hydrogen) atoms. The number of aryl methyl sites for hydroxylation is 2. The summed E-state index contributed by atoms with van der Waals surface area (Å²) in [6, 6.07) is 0. The predicted octanol–water partition coefficient (Wildman–Crippen LogP) is 2.45. The molecular weight excluding hydrogens is 400 g/mol. The van der Waals surface area contributed by atoms with Crippen molar-refractivity contribution in [3.63, 3.8) is 0 Å². The lowest BCUT2D eigenvalue weighted by molar-refractivity contribution is -0.141. The zero-order valence-corrected chi connectivity index (χ0v) is 18.6. The normalized spacial score (nSPS) is 18.6. The summed E-state index contributed by atoms with van der Waals surface area (Å²) in [5, 5.41) is 16.1. The standard InChI is InChI=1S/C21H30N6O4/c1-5-7-9-27-11-16(22-25-27)12-30-20-18(14(3)15(4)19(20)28)21(29)31-13-17-10-26(8-6-2)24-23-17/h10-11,14-15H,5-9,12-13H2,1-4H3. The van der Waals surface area contributed by atoms with E-state index >= 15 is 0 Å². The molecule has 0 saturated carbocycles. The SMILES string of the molecule is CCCCn1cc(COC2=C(C(=O)OCc3cn(CCC)nn3)C(C)C(C)C2=O)nn1. The van der Waals surface area contributed by atoms with E-state index in [1.165, 1.54) is 0 Å². The first-order chi connectivity index (χ1) is 14.9. The van der Waals surface area contributed by atoms with Gasteiger partial charge in [0.1, 0.15) is 24.6 Å². The van der Waals surface area contributed by atoms with E-state index in [-0.39, 0.29) is 42.2 Å². The third kappa shape index (κ3) is 5.36. The average Bonchev–Trinajstić information content (AvgIpc) is 3.45. The highest BCUT2D eigenvalue weighted by Gasteiger charge is 2.42. The van der Waals surface area contributed by atoms with Gasteiger partial charge in [-0.1, -0.05) is 44.5 Å². The van der Waals surface area contributed by atoms with E-state index in [4.69, 9.17) is 9.47 Å². The summed E-state index contributed by atoms with van der Waals surface area (Å²) in [6.45, 7) is 9.34. The van der Waals surface area contributed by atoms with Crippen molar-refractivity contribution in [2.45, 2.75) is 73.3 Å². The number of esters is 1. The van der Waals surface area contributed by atoms with Crippen molar-refractivity contribution >= 4 is 11.8 Å². The number of carbonyl (C=O) groups excluding carboxylic acids is 2. The van der Waals surface area contributed by atoms with E-state index in [2.05, 4.69) is 27.5 Å². The van der Waals surface area contributed by atoms with Crippen molar-refractivity contribution < 1.29 is 19.1 Å². The van der Waals surface area contributed by atoms with E-state index < -0.39 is 5.97 Å². The lowest BCUT2D eigenvalue weighted by Crippen LogP contribution is -2.16. The number of Topliss-reactive ketones (excluding diaryl/α,β-unsaturated/α-hetero) is 1. The topological polar surface area (TPSA) is 114 Å². The van der Waals surface area contributed by atoms with Gasteiger partial charge < -0.3 is 9.47 Å². The van der Waals surface area contributed by atoms with Crippen molar-refractivity contribution in [3.8, 4) is 0 Å². The van der Waals surface area contributed by atoms with Gasteiger partial charge in [-0.25, -0.2) is 4.79 Å².